The number of hydrogen-bond acceptors (Lipinski definition) is 5. The molecule has 18 heavy (non-hydrogen) atoms. The summed E-state index contributed by atoms with van der Waals surface area (Å²) in [6.07, 6.45) is 4.95. The van der Waals surface area contributed by atoms with Gasteiger partial charge in [-0.25, -0.2) is 4.98 Å². The maximum absolute atomic E-state index is 6.11. The van der Waals surface area contributed by atoms with Crippen LogP contribution in [0.2, 0.25) is 0 Å². The normalized spacial score (nSPS) is 19.9. The molecule has 1 atom stereocenters. The molecule has 1 aromatic heterocycles. The largest absolute Gasteiger partial charge is 0.476 e. The molecule has 0 saturated carbocycles. The first-order valence-electron chi connectivity index (χ1n) is 6.70. The first-order chi connectivity index (χ1) is 8.72. The van der Waals surface area contributed by atoms with Crippen LogP contribution >= 0.6 is 0 Å². The number of piperidine rings is 1. The van der Waals surface area contributed by atoms with Crippen LogP contribution in [-0.4, -0.2) is 29.7 Å². The number of anilines is 2. The molecule has 0 radical (unpaired) electrons. The van der Waals surface area contributed by atoms with E-state index in [0.29, 0.717) is 24.1 Å². The number of hydrogen-bond donors (Lipinski definition) is 1. The van der Waals surface area contributed by atoms with Crippen molar-refractivity contribution in [2.24, 2.45) is 5.92 Å². The highest BCUT2D eigenvalue weighted by atomic mass is 16.5. The summed E-state index contributed by atoms with van der Waals surface area (Å²) in [5.74, 6) is 2.02. The summed E-state index contributed by atoms with van der Waals surface area (Å²) in [6, 6.07) is 0. The third-order valence-corrected chi connectivity index (χ3v) is 3.23. The van der Waals surface area contributed by atoms with Crippen LogP contribution < -0.4 is 15.4 Å². The van der Waals surface area contributed by atoms with E-state index in [1.165, 1.54) is 19.2 Å². The van der Waals surface area contributed by atoms with Gasteiger partial charge >= 0.3 is 0 Å². The predicted molar refractivity (Wildman–Crippen MR) is 72.8 cm³/mol. The number of nitrogen functional groups attached to an aromatic ring is 1. The molecule has 0 aliphatic carbocycles. The Balaban J connectivity index is 2.16. The summed E-state index contributed by atoms with van der Waals surface area (Å²) in [5.41, 5.74) is 6.68. The van der Waals surface area contributed by atoms with Gasteiger partial charge in [0, 0.05) is 13.1 Å². The zero-order chi connectivity index (χ0) is 13.0. The third-order valence-electron chi connectivity index (χ3n) is 3.23. The van der Waals surface area contributed by atoms with Crippen LogP contribution in [0.1, 0.15) is 33.1 Å². The minimum atomic E-state index is 0.514. The van der Waals surface area contributed by atoms with Crippen LogP contribution in [0.4, 0.5) is 11.5 Å². The number of nitrogens with zero attached hydrogens (tertiary/aromatic N) is 3. The van der Waals surface area contributed by atoms with E-state index in [2.05, 4.69) is 28.7 Å². The van der Waals surface area contributed by atoms with Gasteiger partial charge in [-0.15, -0.1) is 0 Å². The maximum Gasteiger partial charge on any atom is 0.242 e. The first kappa shape index (κ1) is 12.9. The van der Waals surface area contributed by atoms with Gasteiger partial charge < -0.3 is 15.4 Å². The highest BCUT2D eigenvalue weighted by Crippen LogP contribution is 2.30. The fourth-order valence-corrected chi connectivity index (χ4v) is 2.32. The molecular weight excluding hydrogens is 228 g/mol. The summed E-state index contributed by atoms with van der Waals surface area (Å²) in [5, 5.41) is 0. The van der Waals surface area contributed by atoms with E-state index in [-0.39, 0.29) is 0 Å². The molecule has 1 aliphatic heterocycles. The fourth-order valence-electron chi connectivity index (χ4n) is 2.32. The molecular formula is C13H22N4O. The molecule has 1 saturated heterocycles. The average molecular weight is 250 g/mol. The van der Waals surface area contributed by atoms with Crippen molar-refractivity contribution in [3.05, 3.63) is 6.33 Å². The second kappa shape index (κ2) is 5.89. The number of nitrogens with two attached hydrogens (primary N) is 1. The van der Waals surface area contributed by atoms with Crippen molar-refractivity contribution in [2.75, 3.05) is 30.3 Å². The topological polar surface area (TPSA) is 64.3 Å². The van der Waals surface area contributed by atoms with Crippen LogP contribution in [0.25, 0.3) is 0 Å². The van der Waals surface area contributed by atoms with E-state index in [1.54, 1.807) is 0 Å². The fraction of sp³-hybridized carbons (Fsp3) is 0.692. The second-order valence-electron chi connectivity index (χ2n) is 4.96. The molecule has 2 heterocycles. The molecule has 1 unspecified atom stereocenters. The summed E-state index contributed by atoms with van der Waals surface area (Å²) in [6.45, 7) is 6.98. The van der Waals surface area contributed by atoms with E-state index in [1.807, 2.05) is 0 Å². The summed E-state index contributed by atoms with van der Waals surface area (Å²) in [4.78, 5) is 10.7. The smallest absolute Gasteiger partial charge is 0.242 e. The lowest BCUT2D eigenvalue weighted by atomic mass is 10.0. The van der Waals surface area contributed by atoms with Crippen molar-refractivity contribution in [1.82, 2.24) is 9.97 Å². The van der Waals surface area contributed by atoms with Gasteiger partial charge in [-0.05, 0) is 25.2 Å². The predicted octanol–water partition coefficient (Wildman–Crippen LogP) is 2.08. The molecule has 0 amide bonds. The molecule has 0 aromatic carbocycles. The standard InChI is InChI=1S/C13H22N4O/c1-3-7-18-13-11(14)12(15-9-16-13)17-6-4-5-10(2)8-17/h9-10H,3-8,14H2,1-2H3. The Morgan fingerprint density at radius 1 is 1.50 bits per heavy atom. The van der Waals surface area contributed by atoms with Crippen molar-refractivity contribution in [2.45, 2.75) is 33.1 Å². The van der Waals surface area contributed by atoms with Crippen molar-refractivity contribution < 1.29 is 4.74 Å². The quantitative estimate of drug-likeness (QED) is 0.886. The van der Waals surface area contributed by atoms with Crippen molar-refractivity contribution in [3.8, 4) is 5.88 Å². The number of rotatable bonds is 4. The minimum absolute atomic E-state index is 0.514. The lowest BCUT2D eigenvalue weighted by Gasteiger charge is -2.32. The average Bonchev–Trinajstić information content (AvgIpc) is 2.37. The second-order valence-corrected chi connectivity index (χ2v) is 4.96. The summed E-state index contributed by atoms with van der Waals surface area (Å²) in [7, 11) is 0. The van der Waals surface area contributed by atoms with Crippen LogP contribution in [0.15, 0.2) is 6.33 Å². The van der Waals surface area contributed by atoms with Crippen LogP contribution in [0.3, 0.4) is 0 Å². The van der Waals surface area contributed by atoms with Crippen molar-refractivity contribution in [3.63, 3.8) is 0 Å². The lowest BCUT2D eigenvalue weighted by molar-refractivity contribution is 0.306. The van der Waals surface area contributed by atoms with Crippen molar-refractivity contribution in [1.29, 1.82) is 0 Å². The Bertz CT molecular complexity index is 397. The Morgan fingerprint density at radius 3 is 3.06 bits per heavy atom. The van der Waals surface area contributed by atoms with E-state index >= 15 is 0 Å². The van der Waals surface area contributed by atoms with E-state index < -0.39 is 0 Å². The van der Waals surface area contributed by atoms with Gasteiger partial charge in [0.15, 0.2) is 5.82 Å². The highest BCUT2D eigenvalue weighted by molar-refractivity contribution is 5.67. The Morgan fingerprint density at radius 2 is 2.33 bits per heavy atom. The lowest BCUT2D eigenvalue weighted by Crippen LogP contribution is -2.35. The van der Waals surface area contributed by atoms with Gasteiger partial charge in [-0.1, -0.05) is 13.8 Å². The summed E-state index contributed by atoms with van der Waals surface area (Å²) < 4.78 is 5.54. The molecule has 1 aromatic rings. The van der Waals surface area contributed by atoms with Gasteiger partial charge in [0.1, 0.15) is 12.0 Å². The van der Waals surface area contributed by atoms with E-state index in [9.17, 15) is 0 Å². The van der Waals surface area contributed by atoms with Gasteiger partial charge in [-0.2, -0.15) is 4.98 Å². The van der Waals surface area contributed by atoms with Gasteiger partial charge in [0.05, 0.1) is 6.61 Å². The summed E-state index contributed by atoms with van der Waals surface area (Å²) >= 11 is 0. The zero-order valence-electron chi connectivity index (χ0n) is 11.2. The van der Waals surface area contributed by atoms with E-state index in [4.69, 9.17) is 10.5 Å². The molecule has 0 bridgehead atoms. The van der Waals surface area contributed by atoms with Crippen LogP contribution in [0.5, 0.6) is 5.88 Å². The maximum atomic E-state index is 6.11. The highest BCUT2D eigenvalue weighted by Gasteiger charge is 2.21. The van der Waals surface area contributed by atoms with Gasteiger partial charge in [-0.3, -0.25) is 0 Å². The molecule has 1 aliphatic rings. The molecule has 1 fully saturated rings. The molecule has 5 heteroatoms. The third kappa shape index (κ3) is 2.83. The molecule has 100 valence electrons. The molecule has 5 nitrogen and oxygen atoms in total. The molecule has 0 spiro atoms. The molecule has 2 rings (SSSR count). The van der Waals surface area contributed by atoms with Crippen LogP contribution in [-0.2, 0) is 0 Å². The zero-order valence-corrected chi connectivity index (χ0v) is 11.2. The minimum Gasteiger partial charge on any atom is -0.476 e. The monoisotopic (exact) mass is 250 g/mol. The van der Waals surface area contributed by atoms with Crippen LogP contribution in [0, 0.1) is 5.92 Å². The Kier molecular flexibility index (Phi) is 4.23. The van der Waals surface area contributed by atoms with Crippen molar-refractivity contribution >= 4 is 11.5 Å². The molecule has 2 N–H and O–H groups in total. The number of aromatic nitrogens is 2. The Hall–Kier alpha value is -1.52. The number of ether oxygens (including phenoxy) is 1. The van der Waals surface area contributed by atoms with Gasteiger partial charge in [0.2, 0.25) is 5.88 Å². The first-order valence-corrected chi connectivity index (χ1v) is 6.70. The van der Waals surface area contributed by atoms with Gasteiger partial charge in [0.25, 0.3) is 0 Å². The Labute approximate surface area is 108 Å². The van der Waals surface area contributed by atoms with E-state index in [0.717, 1.165) is 25.3 Å². The SMILES string of the molecule is CCCOc1ncnc(N2CCCC(C)C2)c1N.